The maximum atomic E-state index is 13.7. The Morgan fingerprint density at radius 3 is 2.57 bits per heavy atom. The van der Waals surface area contributed by atoms with Crippen molar-refractivity contribution in [3.8, 4) is 0 Å². The molecule has 114 valence electrons. The van der Waals surface area contributed by atoms with Crippen LogP contribution >= 0.6 is 11.6 Å². The molecule has 0 saturated carbocycles. The van der Waals surface area contributed by atoms with Crippen LogP contribution in [0.5, 0.6) is 0 Å². The monoisotopic (exact) mass is 313 g/mol. The maximum absolute atomic E-state index is 13.7. The van der Waals surface area contributed by atoms with Crippen molar-refractivity contribution in [2.45, 2.75) is 25.7 Å². The van der Waals surface area contributed by atoms with Gasteiger partial charge in [-0.25, -0.2) is 4.39 Å². The standard InChI is InChI=1S/C15H17ClFNO3/c16-12-2-1-3-13(17)11(12)9-14(19)18-6-4-10(5-7-18)8-15(20)21/h1-3,10H,4-9H2,(H,20,21). The van der Waals surface area contributed by atoms with Crippen LogP contribution < -0.4 is 0 Å². The zero-order chi connectivity index (χ0) is 15.4. The SMILES string of the molecule is O=C(O)CC1CCN(C(=O)Cc2c(F)cccc2Cl)CC1. The fourth-order valence-corrected chi connectivity index (χ4v) is 2.83. The summed E-state index contributed by atoms with van der Waals surface area (Å²) in [4.78, 5) is 24.5. The van der Waals surface area contributed by atoms with Crippen molar-refractivity contribution in [2.75, 3.05) is 13.1 Å². The van der Waals surface area contributed by atoms with Crippen LogP contribution in [0.25, 0.3) is 0 Å². The minimum Gasteiger partial charge on any atom is -0.481 e. The number of carbonyl (C=O) groups excluding carboxylic acids is 1. The third-order valence-electron chi connectivity index (χ3n) is 3.82. The lowest BCUT2D eigenvalue weighted by Crippen LogP contribution is -2.39. The zero-order valence-corrected chi connectivity index (χ0v) is 12.3. The molecule has 1 saturated heterocycles. The summed E-state index contributed by atoms with van der Waals surface area (Å²) in [5.74, 6) is -1.34. The molecule has 0 aliphatic carbocycles. The Morgan fingerprint density at radius 2 is 2.00 bits per heavy atom. The first kappa shape index (κ1) is 15.8. The average Bonchev–Trinajstić information content (AvgIpc) is 2.43. The summed E-state index contributed by atoms with van der Waals surface area (Å²) >= 11 is 5.92. The molecule has 1 heterocycles. The minimum absolute atomic E-state index is 0.0604. The highest BCUT2D eigenvalue weighted by molar-refractivity contribution is 6.31. The molecule has 4 nitrogen and oxygen atoms in total. The summed E-state index contributed by atoms with van der Waals surface area (Å²) in [6, 6.07) is 4.35. The van der Waals surface area contributed by atoms with Gasteiger partial charge in [0.1, 0.15) is 5.82 Å². The predicted octanol–water partition coefficient (Wildman–Crippen LogP) is 2.73. The van der Waals surface area contributed by atoms with E-state index in [9.17, 15) is 14.0 Å². The Labute approximate surface area is 127 Å². The number of halogens is 2. The molecule has 0 radical (unpaired) electrons. The number of carboxylic acid groups (broad SMARTS) is 1. The number of carboxylic acids is 1. The quantitative estimate of drug-likeness (QED) is 0.930. The van der Waals surface area contributed by atoms with E-state index in [1.807, 2.05) is 0 Å². The minimum atomic E-state index is -0.807. The van der Waals surface area contributed by atoms with E-state index in [4.69, 9.17) is 16.7 Å². The molecule has 6 heteroatoms. The van der Waals surface area contributed by atoms with Crippen LogP contribution in [-0.2, 0) is 16.0 Å². The molecule has 0 aromatic heterocycles. The summed E-state index contributed by atoms with van der Waals surface area (Å²) in [6.45, 7) is 1.03. The highest BCUT2D eigenvalue weighted by Crippen LogP contribution is 2.23. The molecule has 1 aliphatic rings. The van der Waals surface area contributed by atoms with Gasteiger partial charge in [0.25, 0.3) is 0 Å². The van der Waals surface area contributed by atoms with Gasteiger partial charge in [-0.2, -0.15) is 0 Å². The van der Waals surface area contributed by atoms with E-state index in [2.05, 4.69) is 0 Å². The predicted molar refractivity (Wildman–Crippen MR) is 76.7 cm³/mol. The van der Waals surface area contributed by atoms with E-state index in [0.29, 0.717) is 25.9 Å². The van der Waals surface area contributed by atoms with Gasteiger partial charge in [0.15, 0.2) is 0 Å². The van der Waals surface area contributed by atoms with Gasteiger partial charge in [-0.1, -0.05) is 17.7 Å². The lowest BCUT2D eigenvalue weighted by molar-refractivity contribution is -0.138. The van der Waals surface area contributed by atoms with Gasteiger partial charge in [-0.05, 0) is 30.9 Å². The Hall–Kier alpha value is -1.62. The van der Waals surface area contributed by atoms with Gasteiger partial charge < -0.3 is 10.0 Å². The summed E-state index contributed by atoms with van der Waals surface area (Å²) < 4.78 is 13.7. The van der Waals surface area contributed by atoms with Crippen molar-refractivity contribution in [2.24, 2.45) is 5.92 Å². The van der Waals surface area contributed by atoms with E-state index in [0.717, 1.165) is 0 Å². The Balaban J connectivity index is 1.92. The van der Waals surface area contributed by atoms with Crippen molar-refractivity contribution in [3.63, 3.8) is 0 Å². The molecule has 1 aromatic carbocycles. The summed E-state index contributed by atoms with van der Waals surface area (Å²) in [6.07, 6.45) is 1.42. The molecule has 21 heavy (non-hydrogen) atoms. The third-order valence-corrected chi connectivity index (χ3v) is 4.17. The lowest BCUT2D eigenvalue weighted by Gasteiger charge is -2.31. The van der Waals surface area contributed by atoms with Crippen LogP contribution in [0.1, 0.15) is 24.8 Å². The first-order valence-electron chi connectivity index (χ1n) is 6.90. The number of hydrogen-bond donors (Lipinski definition) is 1. The largest absolute Gasteiger partial charge is 0.481 e. The molecule has 2 rings (SSSR count). The smallest absolute Gasteiger partial charge is 0.303 e. The topological polar surface area (TPSA) is 57.6 Å². The molecular weight excluding hydrogens is 297 g/mol. The van der Waals surface area contributed by atoms with E-state index in [1.165, 1.54) is 12.1 Å². The second-order valence-electron chi connectivity index (χ2n) is 5.30. The van der Waals surface area contributed by atoms with Crippen LogP contribution in [0, 0.1) is 11.7 Å². The third kappa shape index (κ3) is 4.17. The van der Waals surface area contributed by atoms with Crippen molar-refractivity contribution >= 4 is 23.5 Å². The number of amides is 1. The number of benzene rings is 1. The normalized spacial score (nSPS) is 16.0. The van der Waals surface area contributed by atoms with Crippen molar-refractivity contribution in [3.05, 3.63) is 34.6 Å². The molecule has 0 unspecified atom stereocenters. The first-order chi connectivity index (χ1) is 9.97. The number of piperidine rings is 1. The molecule has 0 atom stereocenters. The fraction of sp³-hybridized carbons (Fsp3) is 0.467. The Bertz CT molecular complexity index is 521. The average molecular weight is 314 g/mol. The fourth-order valence-electron chi connectivity index (χ4n) is 2.60. The van der Waals surface area contributed by atoms with Crippen LogP contribution in [0.4, 0.5) is 4.39 Å². The van der Waals surface area contributed by atoms with E-state index in [-0.39, 0.29) is 35.3 Å². The number of carbonyl (C=O) groups is 2. The van der Waals surface area contributed by atoms with Crippen LogP contribution in [0.2, 0.25) is 5.02 Å². The molecular formula is C15H17ClFNO3. The van der Waals surface area contributed by atoms with Crippen LogP contribution in [-0.4, -0.2) is 35.0 Å². The second kappa shape index (κ2) is 6.89. The van der Waals surface area contributed by atoms with E-state index >= 15 is 0 Å². The lowest BCUT2D eigenvalue weighted by atomic mass is 9.93. The van der Waals surface area contributed by atoms with Crippen molar-refractivity contribution in [1.82, 2.24) is 4.90 Å². The van der Waals surface area contributed by atoms with Gasteiger partial charge in [0.2, 0.25) is 5.91 Å². The Kier molecular flexibility index (Phi) is 5.17. The van der Waals surface area contributed by atoms with Crippen LogP contribution in [0.15, 0.2) is 18.2 Å². The number of rotatable bonds is 4. The number of hydrogen-bond acceptors (Lipinski definition) is 2. The second-order valence-corrected chi connectivity index (χ2v) is 5.71. The molecule has 1 amide bonds. The molecule has 0 bridgehead atoms. The van der Waals surface area contributed by atoms with Crippen molar-refractivity contribution in [1.29, 1.82) is 0 Å². The van der Waals surface area contributed by atoms with Crippen molar-refractivity contribution < 1.29 is 19.1 Å². The molecule has 1 fully saturated rings. The van der Waals surface area contributed by atoms with Gasteiger partial charge in [0.05, 0.1) is 6.42 Å². The van der Waals surface area contributed by atoms with E-state index < -0.39 is 11.8 Å². The zero-order valence-electron chi connectivity index (χ0n) is 11.5. The van der Waals surface area contributed by atoms with Gasteiger partial charge >= 0.3 is 5.97 Å². The van der Waals surface area contributed by atoms with E-state index in [1.54, 1.807) is 11.0 Å². The van der Waals surface area contributed by atoms with Gasteiger partial charge in [0, 0.05) is 30.1 Å². The number of aliphatic carboxylic acids is 1. The molecule has 0 spiro atoms. The molecule has 1 N–H and O–H groups in total. The summed E-state index contributed by atoms with van der Waals surface area (Å²) in [5, 5.41) is 9.01. The number of likely N-dealkylation sites (tertiary alicyclic amines) is 1. The first-order valence-corrected chi connectivity index (χ1v) is 7.27. The van der Waals surface area contributed by atoms with Crippen LogP contribution in [0.3, 0.4) is 0 Å². The van der Waals surface area contributed by atoms with Gasteiger partial charge in [-0.3, -0.25) is 9.59 Å². The highest BCUT2D eigenvalue weighted by atomic mass is 35.5. The molecule has 1 aromatic rings. The highest BCUT2D eigenvalue weighted by Gasteiger charge is 2.25. The summed E-state index contributed by atoms with van der Waals surface area (Å²) in [7, 11) is 0. The molecule has 1 aliphatic heterocycles. The maximum Gasteiger partial charge on any atom is 0.303 e. The number of nitrogens with zero attached hydrogens (tertiary/aromatic N) is 1. The van der Waals surface area contributed by atoms with Gasteiger partial charge in [-0.15, -0.1) is 0 Å². The Morgan fingerprint density at radius 1 is 1.33 bits per heavy atom. The summed E-state index contributed by atoms with van der Waals surface area (Å²) in [5.41, 5.74) is 0.219.